The van der Waals surface area contributed by atoms with Gasteiger partial charge in [0.05, 0.1) is 29.6 Å². The molecule has 0 bridgehead atoms. The normalized spacial score (nSPS) is 11.1. The molecule has 0 saturated heterocycles. The average molecular weight is 420 g/mol. The molecule has 3 aromatic rings. The fourth-order valence-corrected chi connectivity index (χ4v) is 4.06. The molecule has 0 saturated carbocycles. The lowest BCUT2D eigenvalue weighted by Crippen LogP contribution is -2.41. The predicted molar refractivity (Wildman–Crippen MR) is 115 cm³/mol. The van der Waals surface area contributed by atoms with Crippen molar-refractivity contribution in [1.82, 2.24) is 4.31 Å². The van der Waals surface area contributed by atoms with Crippen LogP contribution >= 0.6 is 0 Å². The van der Waals surface area contributed by atoms with Crippen LogP contribution in [0.15, 0.2) is 89.8 Å². The standard InChI is InChI=1S/C23H21N3O3S/c1-25(30(28,29)22-14-12-19(16-24)13-15-22)18-23(27)26(21-10-6-3-7-11-21)17-20-8-4-2-5-9-20/h2-15H,17-18H2,1H3. The zero-order chi connectivity index (χ0) is 21.6. The van der Waals surface area contributed by atoms with Crippen LogP contribution in [0.5, 0.6) is 0 Å². The number of likely N-dealkylation sites (N-methyl/N-ethyl adjacent to an activating group) is 1. The molecule has 0 aromatic heterocycles. The number of carbonyl (C=O) groups excluding carboxylic acids is 1. The van der Waals surface area contributed by atoms with E-state index in [0.717, 1.165) is 9.87 Å². The van der Waals surface area contributed by atoms with Gasteiger partial charge in [-0.15, -0.1) is 0 Å². The van der Waals surface area contributed by atoms with Crippen molar-refractivity contribution in [3.63, 3.8) is 0 Å². The Morgan fingerprint density at radius 2 is 1.47 bits per heavy atom. The Labute approximate surface area is 176 Å². The van der Waals surface area contributed by atoms with E-state index in [1.807, 2.05) is 66.7 Å². The number of rotatable bonds is 7. The van der Waals surface area contributed by atoms with E-state index in [9.17, 15) is 13.2 Å². The maximum absolute atomic E-state index is 13.1. The molecule has 7 heteroatoms. The molecule has 0 aliphatic heterocycles. The fraction of sp³-hybridized carbons (Fsp3) is 0.130. The summed E-state index contributed by atoms with van der Waals surface area (Å²) in [5.74, 6) is -0.343. The number of nitrogens with zero attached hydrogens (tertiary/aromatic N) is 3. The first-order chi connectivity index (χ1) is 14.4. The number of benzene rings is 3. The minimum atomic E-state index is -3.87. The monoisotopic (exact) mass is 419 g/mol. The molecule has 0 atom stereocenters. The van der Waals surface area contributed by atoms with Crippen molar-refractivity contribution in [1.29, 1.82) is 5.26 Å². The van der Waals surface area contributed by atoms with Crippen LogP contribution in [0.25, 0.3) is 0 Å². The molecule has 30 heavy (non-hydrogen) atoms. The van der Waals surface area contributed by atoms with Gasteiger partial charge in [-0.1, -0.05) is 48.5 Å². The number of para-hydroxylation sites is 1. The van der Waals surface area contributed by atoms with Crippen LogP contribution in [0.2, 0.25) is 0 Å². The van der Waals surface area contributed by atoms with Gasteiger partial charge in [-0.3, -0.25) is 4.79 Å². The third-order valence-corrected chi connectivity index (χ3v) is 6.42. The van der Waals surface area contributed by atoms with Crippen LogP contribution in [0.1, 0.15) is 11.1 Å². The molecule has 0 N–H and O–H groups in total. The lowest BCUT2D eigenvalue weighted by atomic mass is 10.2. The summed E-state index contributed by atoms with van der Waals surface area (Å²) >= 11 is 0. The number of hydrogen-bond donors (Lipinski definition) is 0. The van der Waals surface area contributed by atoms with Crippen molar-refractivity contribution in [2.75, 3.05) is 18.5 Å². The second kappa shape index (κ2) is 9.35. The number of nitriles is 1. The summed E-state index contributed by atoms with van der Waals surface area (Å²) in [4.78, 5) is 14.7. The lowest BCUT2D eigenvalue weighted by Gasteiger charge is -2.26. The lowest BCUT2D eigenvalue weighted by molar-refractivity contribution is -0.118. The number of sulfonamides is 1. The van der Waals surface area contributed by atoms with Crippen molar-refractivity contribution < 1.29 is 13.2 Å². The quantitative estimate of drug-likeness (QED) is 0.588. The van der Waals surface area contributed by atoms with Gasteiger partial charge in [-0.2, -0.15) is 9.57 Å². The number of anilines is 1. The summed E-state index contributed by atoms with van der Waals surface area (Å²) in [7, 11) is -2.50. The highest BCUT2D eigenvalue weighted by Gasteiger charge is 2.26. The molecule has 0 fully saturated rings. The first-order valence-electron chi connectivity index (χ1n) is 9.27. The Hall–Kier alpha value is -3.47. The average Bonchev–Trinajstić information content (AvgIpc) is 2.78. The molecule has 6 nitrogen and oxygen atoms in total. The van der Waals surface area contributed by atoms with Gasteiger partial charge in [0.25, 0.3) is 0 Å². The third kappa shape index (κ3) is 4.92. The Morgan fingerprint density at radius 3 is 2.03 bits per heavy atom. The minimum Gasteiger partial charge on any atom is -0.307 e. The van der Waals surface area contributed by atoms with Gasteiger partial charge >= 0.3 is 0 Å². The Bertz CT molecular complexity index is 1140. The maximum Gasteiger partial charge on any atom is 0.243 e. The topological polar surface area (TPSA) is 81.5 Å². The Balaban J connectivity index is 1.83. The number of carbonyl (C=O) groups is 1. The van der Waals surface area contributed by atoms with Gasteiger partial charge in [0.2, 0.25) is 15.9 Å². The second-order valence-corrected chi connectivity index (χ2v) is 8.74. The summed E-state index contributed by atoms with van der Waals surface area (Å²) in [6.07, 6.45) is 0. The van der Waals surface area contributed by atoms with Gasteiger partial charge in [0.15, 0.2) is 0 Å². The van der Waals surface area contributed by atoms with Crippen LogP contribution < -0.4 is 4.90 Å². The molecule has 0 unspecified atom stereocenters. The molecule has 3 rings (SSSR count). The van der Waals surface area contributed by atoms with Crippen LogP contribution in [-0.4, -0.2) is 32.2 Å². The summed E-state index contributed by atoms with van der Waals surface area (Å²) in [5.41, 5.74) is 1.99. The second-order valence-electron chi connectivity index (χ2n) is 6.70. The van der Waals surface area contributed by atoms with Crippen LogP contribution in [0.4, 0.5) is 5.69 Å². The van der Waals surface area contributed by atoms with E-state index in [4.69, 9.17) is 5.26 Å². The first-order valence-corrected chi connectivity index (χ1v) is 10.7. The van der Waals surface area contributed by atoms with Crippen molar-refractivity contribution in [3.05, 3.63) is 96.1 Å². The molecule has 0 heterocycles. The Morgan fingerprint density at radius 1 is 0.900 bits per heavy atom. The molecule has 0 aliphatic rings. The molecule has 152 valence electrons. The highest BCUT2D eigenvalue weighted by Crippen LogP contribution is 2.19. The first kappa shape index (κ1) is 21.2. The van der Waals surface area contributed by atoms with Gasteiger partial charge in [0, 0.05) is 12.7 Å². The summed E-state index contributed by atoms with van der Waals surface area (Å²) in [6.45, 7) is 0.0124. The van der Waals surface area contributed by atoms with Crippen molar-refractivity contribution in [2.45, 2.75) is 11.4 Å². The van der Waals surface area contributed by atoms with E-state index in [2.05, 4.69) is 0 Å². The van der Waals surface area contributed by atoms with Crippen molar-refractivity contribution >= 4 is 21.6 Å². The van der Waals surface area contributed by atoms with E-state index >= 15 is 0 Å². The van der Waals surface area contributed by atoms with E-state index < -0.39 is 10.0 Å². The highest BCUT2D eigenvalue weighted by molar-refractivity contribution is 7.89. The largest absolute Gasteiger partial charge is 0.307 e. The summed E-state index contributed by atoms with van der Waals surface area (Å²) in [5, 5.41) is 8.89. The van der Waals surface area contributed by atoms with Crippen molar-refractivity contribution in [3.8, 4) is 6.07 Å². The fourth-order valence-electron chi connectivity index (χ4n) is 2.94. The van der Waals surface area contributed by atoms with Crippen LogP contribution in [0.3, 0.4) is 0 Å². The predicted octanol–water partition coefficient (Wildman–Crippen LogP) is 3.41. The molecule has 0 radical (unpaired) electrons. The third-order valence-electron chi connectivity index (χ3n) is 4.60. The molecule has 3 aromatic carbocycles. The molecule has 1 amide bonds. The van der Waals surface area contributed by atoms with E-state index in [-0.39, 0.29) is 17.3 Å². The summed E-state index contributed by atoms with van der Waals surface area (Å²) < 4.78 is 26.7. The summed E-state index contributed by atoms with van der Waals surface area (Å²) in [6, 6.07) is 26.2. The Kier molecular flexibility index (Phi) is 6.62. The number of hydrogen-bond acceptors (Lipinski definition) is 4. The van der Waals surface area contributed by atoms with Crippen molar-refractivity contribution in [2.24, 2.45) is 0 Å². The van der Waals surface area contributed by atoms with Gasteiger partial charge < -0.3 is 4.90 Å². The zero-order valence-corrected chi connectivity index (χ0v) is 17.3. The van der Waals surface area contributed by atoms with E-state index in [0.29, 0.717) is 17.8 Å². The highest BCUT2D eigenvalue weighted by atomic mass is 32.2. The molecular weight excluding hydrogens is 398 g/mol. The van der Waals surface area contributed by atoms with Gasteiger partial charge in [-0.05, 0) is 42.0 Å². The van der Waals surface area contributed by atoms with E-state index in [1.54, 1.807) is 4.90 Å². The molecular formula is C23H21N3O3S. The minimum absolute atomic E-state index is 0.0334. The van der Waals surface area contributed by atoms with Gasteiger partial charge in [-0.25, -0.2) is 8.42 Å². The number of amides is 1. The molecule has 0 spiro atoms. The SMILES string of the molecule is CN(CC(=O)N(Cc1ccccc1)c1ccccc1)S(=O)(=O)c1ccc(C#N)cc1. The van der Waals surface area contributed by atoms with Crippen LogP contribution in [-0.2, 0) is 21.4 Å². The molecule has 0 aliphatic carbocycles. The zero-order valence-electron chi connectivity index (χ0n) is 16.5. The van der Waals surface area contributed by atoms with Crippen LogP contribution in [0, 0.1) is 11.3 Å². The maximum atomic E-state index is 13.1. The smallest absolute Gasteiger partial charge is 0.243 e. The van der Waals surface area contributed by atoms with Gasteiger partial charge in [0.1, 0.15) is 0 Å². The van der Waals surface area contributed by atoms with E-state index in [1.165, 1.54) is 31.3 Å².